The van der Waals surface area contributed by atoms with E-state index in [0.29, 0.717) is 12.4 Å². The fraction of sp³-hybridized carbons (Fsp3) is 0.136. The molecule has 1 N–H and O–H groups in total. The molecule has 1 aliphatic heterocycles. The first-order valence-corrected chi connectivity index (χ1v) is 9.20. The largest absolute Gasteiger partial charge is 0.433 e. The molecule has 0 spiro atoms. The van der Waals surface area contributed by atoms with Gasteiger partial charge in [-0.25, -0.2) is 9.78 Å². The second-order valence-corrected chi connectivity index (χ2v) is 6.70. The number of halogens is 3. The molecule has 1 saturated heterocycles. The molecule has 1 aromatic heterocycles. The Balaban J connectivity index is 1.71. The van der Waals surface area contributed by atoms with E-state index in [-0.39, 0.29) is 5.69 Å². The highest BCUT2D eigenvalue weighted by molar-refractivity contribution is 6.16. The summed E-state index contributed by atoms with van der Waals surface area (Å²) in [4.78, 5) is 22.2. The molecule has 0 aliphatic carbocycles. The minimum absolute atomic E-state index is 0.249. The maximum atomic E-state index is 12.9. The highest BCUT2D eigenvalue weighted by Crippen LogP contribution is 2.34. The molecule has 1 unspecified atom stereocenters. The maximum absolute atomic E-state index is 12.9. The molecular formula is C22H17F3N4O. The van der Waals surface area contributed by atoms with Gasteiger partial charge in [0.15, 0.2) is 0 Å². The number of hydrogen-bond donors (Lipinski definition) is 1. The van der Waals surface area contributed by atoms with Crippen LogP contribution in [-0.2, 0) is 12.7 Å². The fourth-order valence-corrected chi connectivity index (χ4v) is 3.27. The zero-order valence-corrected chi connectivity index (χ0v) is 15.7. The van der Waals surface area contributed by atoms with Gasteiger partial charge in [-0.3, -0.25) is 15.2 Å². The standard InChI is InChI=1S/C22H17F3N4O/c23-22(24,25)18-12-11-17(14-26-18)29-19(16-9-5-2-6-10-16)20(28-21(29)30)27-13-15-7-3-1-4-8-15/h1-12,14,19H,13H2,(H,27,28,30). The van der Waals surface area contributed by atoms with Crippen LogP contribution in [0.1, 0.15) is 22.9 Å². The highest BCUT2D eigenvalue weighted by Gasteiger charge is 2.39. The van der Waals surface area contributed by atoms with Crippen molar-refractivity contribution in [1.29, 1.82) is 0 Å². The minimum Gasteiger partial charge on any atom is -0.294 e. The van der Waals surface area contributed by atoms with Gasteiger partial charge in [-0.2, -0.15) is 13.2 Å². The lowest BCUT2D eigenvalue weighted by molar-refractivity contribution is -0.141. The van der Waals surface area contributed by atoms with Crippen LogP contribution in [0.2, 0.25) is 0 Å². The molecule has 8 heteroatoms. The van der Waals surface area contributed by atoms with Crippen LogP contribution in [0.4, 0.5) is 23.7 Å². The number of benzene rings is 2. The smallest absolute Gasteiger partial charge is 0.294 e. The normalized spacial score (nSPS) is 18.0. The van der Waals surface area contributed by atoms with Crippen LogP contribution in [0.5, 0.6) is 0 Å². The van der Waals surface area contributed by atoms with Crippen LogP contribution in [-0.4, -0.2) is 16.9 Å². The van der Waals surface area contributed by atoms with Crippen molar-refractivity contribution < 1.29 is 18.0 Å². The SMILES string of the molecule is O=C1NC(=NCc2ccccc2)C(c2ccccc2)N1c1ccc(C(F)(F)F)nc1. The van der Waals surface area contributed by atoms with Gasteiger partial charge in [0.05, 0.1) is 18.4 Å². The molecule has 1 atom stereocenters. The van der Waals surface area contributed by atoms with E-state index < -0.39 is 23.9 Å². The number of aromatic nitrogens is 1. The third kappa shape index (κ3) is 4.03. The molecule has 1 fully saturated rings. The Morgan fingerprint density at radius 3 is 2.23 bits per heavy atom. The van der Waals surface area contributed by atoms with Crippen LogP contribution in [0.3, 0.4) is 0 Å². The molecule has 30 heavy (non-hydrogen) atoms. The Kier molecular flexibility index (Phi) is 5.22. The van der Waals surface area contributed by atoms with Crippen LogP contribution in [0.25, 0.3) is 0 Å². The van der Waals surface area contributed by atoms with Gasteiger partial charge in [-0.05, 0) is 23.3 Å². The van der Waals surface area contributed by atoms with Crippen molar-refractivity contribution in [3.8, 4) is 0 Å². The Morgan fingerprint density at radius 1 is 0.967 bits per heavy atom. The molecule has 5 nitrogen and oxygen atoms in total. The van der Waals surface area contributed by atoms with E-state index >= 15 is 0 Å². The fourth-order valence-electron chi connectivity index (χ4n) is 3.27. The monoisotopic (exact) mass is 410 g/mol. The Labute approximate surface area is 170 Å². The van der Waals surface area contributed by atoms with E-state index in [2.05, 4.69) is 15.3 Å². The molecule has 4 rings (SSSR count). The maximum Gasteiger partial charge on any atom is 0.433 e. The molecular weight excluding hydrogens is 393 g/mol. The van der Waals surface area contributed by atoms with E-state index in [4.69, 9.17) is 0 Å². The van der Waals surface area contributed by atoms with Gasteiger partial charge in [-0.1, -0.05) is 60.7 Å². The zero-order chi connectivity index (χ0) is 21.1. The number of hydrogen-bond acceptors (Lipinski definition) is 3. The number of anilines is 1. The van der Waals surface area contributed by atoms with E-state index in [1.54, 1.807) is 0 Å². The Hall–Kier alpha value is -3.68. The topological polar surface area (TPSA) is 57.6 Å². The van der Waals surface area contributed by atoms with Crippen molar-refractivity contribution >= 4 is 17.6 Å². The Bertz CT molecular complexity index is 1050. The summed E-state index contributed by atoms with van der Waals surface area (Å²) in [6.07, 6.45) is -3.49. The van der Waals surface area contributed by atoms with Gasteiger partial charge in [0.2, 0.25) is 0 Å². The average Bonchev–Trinajstić information content (AvgIpc) is 3.09. The molecule has 2 aromatic carbocycles. The third-order valence-electron chi connectivity index (χ3n) is 4.68. The lowest BCUT2D eigenvalue weighted by Gasteiger charge is -2.23. The van der Waals surface area contributed by atoms with Crippen LogP contribution in [0.15, 0.2) is 84.0 Å². The van der Waals surface area contributed by atoms with Crippen LogP contribution >= 0.6 is 0 Å². The zero-order valence-electron chi connectivity index (χ0n) is 15.7. The number of amidine groups is 1. The number of nitrogens with one attached hydrogen (secondary N) is 1. The Morgan fingerprint density at radius 2 is 1.63 bits per heavy atom. The summed E-state index contributed by atoms with van der Waals surface area (Å²) in [5.41, 5.74) is 0.989. The summed E-state index contributed by atoms with van der Waals surface area (Å²) >= 11 is 0. The molecule has 1 aliphatic rings. The number of urea groups is 1. The second kappa shape index (κ2) is 7.98. The molecule has 152 valence electrons. The van der Waals surface area contributed by atoms with Crippen molar-refractivity contribution in [3.63, 3.8) is 0 Å². The van der Waals surface area contributed by atoms with Gasteiger partial charge < -0.3 is 0 Å². The van der Waals surface area contributed by atoms with E-state index in [1.807, 2.05) is 60.7 Å². The predicted octanol–water partition coefficient (Wildman–Crippen LogP) is 4.97. The van der Waals surface area contributed by atoms with Crippen molar-refractivity contribution in [1.82, 2.24) is 10.3 Å². The van der Waals surface area contributed by atoms with E-state index in [1.165, 1.54) is 11.0 Å². The molecule has 0 saturated carbocycles. The van der Waals surface area contributed by atoms with Crippen molar-refractivity contribution in [2.75, 3.05) is 4.90 Å². The summed E-state index contributed by atoms with van der Waals surface area (Å²) in [6, 6.07) is 19.8. The van der Waals surface area contributed by atoms with Gasteiger partial charge in [0.1, 0.15) is 17.6 Å². The van der Waals surface area contributed by atoms with Crippen molar-refractivity contribution in [2.45, 2.75) is 18.8 Å². The molecule has 0 bridgehead atoms. The number of carbonyl (C=O) groups excluding carboxylic acids is 1. The van der Waals surface area contributed by atoms with Gasteiger partial charge in [0.25, 0.3) is 0 Å². The average molecular weight is 410 g/mol. The quantitative estimate of drug-likeness (QED) is 0.660. The number of amides is 2. The number of alkyl halides is 3. The molecule has 0 radical (unpaired) electrons. The number of rotatable bonds is 4. The summed E-state index contributed by atoms with van der Waals surface area (Å²) in [7, 11) is 0. The van der Waals surface area contributed by atoms with E-state index in [9.17, 15) is 18.0 Å². The lowest BCUT2D eigenvalue weighted by atomic mass is 10.1. The summed E-state index contributed by atoms with van der Waals surface area (Å²) in [6.45, 7) is 0.360. The summed E-state index contributed by atoms with van der Waals surface area (Å²) in [5, 5.41) is 2.75. The second-order valence-electron chi connectivity index (χ2n) is 6.70. The minimum atomic E-state index is -4.55. The van der Waals surface area contributed by atoms with Crippen LogP contribution in [0, 0.1) is 0 Å². The molecule has 2 heterocycles. The molecule has 2 amide bonds. The van der Waals surface area contributed by atoms with Crippen molar-refractivity contribution in [3.05, 3.63) is 95.8 Å². The lowest BCUT2D eigenvalue weighted by Crippen LogP contribution is -2.29. The third-order valence-corrected chi connectivity index (χ3v) is 4.68. The number of aliphatic imine (C=N–C) groups is 1. The first-order valence-electron chi connectivity index (χ1n) is 9.20. The van der Waals surface area contributed by atoms with Crippen LogP contribution < -0.4 is 10.2 Å². The molecule has 3 aromatic rings. The van der Waals surface area contributed by atoms with Gasteiger partial charge in [0, 0.05) is 0 Å². The number of pyridine rings is 1. The van der Waals surface area contributed by atoms with Gasteiger partial charge in [-0.15, -0.1) is 0 Å². The summed E-state index contributed by atoms with van der Waals surface area (Å²) < 4.78 is 38.6. The number of carbonyl (C=O) groups is 1. The first kappa shape index (κ1) is 19.6. The number of nitrogens with zero attached hydrogens (tertiary/aromatic N) is 3. The first-order chi connectivity index (χ1) is 14.4. The highest BCUT2D eigenvalue weighted by atomic mass is 19.4. The predicted molar refractivity (Wildman–Crippen MR) is 107 cm³/mol. The van der Waals surface area contributed by atoms with Gasteiger partial charge >= 0.3 is 12.2 Å². The van der Waals surface area contributed by atoms with E-state index in [0.717, 1.165) is 23.4 Å². The summed E-state index contributed by atoms with van der Waals surface area (Å²) in [5.74, 6) is 0.426. The van der Waals surface area contributed by atoms with Crippen molar-refractivity contribution in [2.24, 2.45) is 4.99 Å².